The number of aromatic nitrogens is 3. The van der Waals surface area contributed by atoms with Crippen LogP contribution in [0.2, 0.25) is 0 Å². The molecule has 0 fully saturated rings. The van der Waals surface area contributed by atoms with Crippen molar-refractivity contribution in [1.82, 2.24) is 14.5 Å². The third kappa shape index (κ3) is 4.46. The number of carbonyl (C=O) groups excluding carboxylic acids is 1. The summed E-state index contributed by atoms with van der Waals surface area (Å²) in [5.74, 6) is 0.648. The zero-order valence-corrected chi connectivity index (χ0v) is 16.1. The molecule has 24 heavy (non-hydrogen) atoms. The molecule has 0 aliphatic carbocycles. The molecule has 0 bridgehead atoms. The number of benzene rings is 1. The van der Waals surface area contributed by atoms with Crippen LogP contribution in [0.15, 0.2) is 51.7 Å². The molecule has 0 radical (unpaired) electrons. The quantitative estimate of drug-likeness (QED) is 0.596. The molecule has 3 rings (SSSR count). The fraction of sp³-hybridized carbons (Fsp3) is 0.188. The van der Waals surface area contributed by atoms with E-state index in [4.69, 9.17) is 0 Å². The molecule has 3 aromatic rings. The Morgan fingerprint density at radius 1 is 1.38 bits per heavy atom. The van der Waals surface area contributed by atoms with Crippen molar-refractivity contribution in [2.75, 3.05) is 11.1 Å². The lowest BCUT2D eigenvalue weighted by atomic mass is 10.2. The maximum Gasteiger partial charge on any atom is 0.226 e. The maximum atomic E-state index is 12.0. The summed E-state index contributed by atoms with van der Waals surface area (Å²) in [6.07, 6.45) is 4.06. The molecule has 2 aromatic heterocycles. The minimum atomic E-state index is -0.0339. The highest BCUT2D eigenvalue weighted by Crippen LogP contribution is 2.26. The number of nitrogens with one attached hydrogen (secondary N) is 1. The van der Waals surface area contributed by atoms with Gasteiger partial charge in [-0.15, -0.1) is 11.3 Å². The van der Waals surface area contributed by atoms with Crippen molar-refractivity contribution in [3.05, 3.63) is 46.5 Å². The number of amides is 1. The average Bonchev–Trinajstić information content (AvgIpc) is 3.18. The van der Waals surface area contributed by atoms with Crippen LogP contribution in [0.3, 0.4) is 0 Å². The third-order valence-electron chi connectivity index (χ3n) is 3.23. The van der Waals surface area contributed by atoms with E-state index in [-0.39, 0.29) is 5.91 Å². The van der Waals surface area contributed by atoms with Gasteiger partial charge in [0.2, 0.25) is 5.91 Å². The van der Waals surface area contributed by atoms with Crippen molar-refractivity contribution in [2.45, 2.75) is 11.6 Å². The molecule has 1 amide bonds. The first kappa shape index (κ1) is 17.2. The second-order valence-electron chi connectivity index (χ2n) is 5.01. The first-order chi connectivity index (χ1) is 11.6. The first-order valence-corrected chi connectivity index (χ1v) is 9.89. The summed E-state index contributed by atoms with van der Waals surface area (Å²) in [6.45, 7) is 0. The molecule has 8 heteroatoms. The van der Waals surface area contributed by atoms with E-state index in [0.717, 1.165) is 20.9 Å². The summed E-state index contributed by atoms with van der Waals surface area (Å²) in [6, 6.07) is 7.94. The minimum Gasteiger partial charge on any atom is -0.329 e. The monoisotopic (exact) mass is 422 g/mol. The van der Waals surface area contributed by atoms with Gasteiger partial charge in [-0.05, 0) is 12.1 Å². The molecule has 0 atom stereocenters. The topological polar surface area (TPSA) is 59.8 Å². The van der Waals surface area contributed by atoms with Crippen LogP contribution in [-0.4, -0.2) is 26.2 Å². The molecule has 2 heterocycles. The lowest BCUT2D eigenvalue weighted by Crippen LogP contribution is -2.12. The van der Waals surface area contributed by atoms with Crippen LogP contribution in [0.25, 0.3) is 11.3 Å². The zero-order chi connectivity index (χ0) is 16.9. The van der Waals surface area contributed by atoms with Gasteiger partial charge in [0.1, 0.15) is 0 Å². The number of hydrogen-bond acceptors (Lipinski definition) is 5. The minimum absolute atomic E-state index is 0.0339. The Hall–Kier alpha value is -1.64. The van der Waals surface area contributed by atoms with E-state index >= 15 is 0 Å². The normalized spacial score (nSPS) is 10.8. The van der Waals surface area contributed by atoms with Crippen LogP contribution >= 0.6 is 39.0 Å². The standard InChI is InChI=1S/C16H15BrN4OS2/c1-21-8-7-18-16(21)23-9-6-14(22)20-15-19-13(10-24-15)11-2-4-12(17)5-3-11/h2-5,7-8,10H,6,9H2,1H3,(H,19,20,22). The number of imidazole rings is 1. The number of carbonyl (C=O) groups is 1. The van der Waals surface area contributed by atoms with Gasteiger partial charge in [-0.1, -0.05) is 39.8 Å². The van der Waals surface area contributed by atoms with Crippen LogP contribution in [0.4, 0.5) is 5.13 Å². The van der Waals surface area contributed by atoms with E-state index in [1.165, 1.54) is 11.3 Å². The second kappa shape index (κ2) is 7.96. The zero-order valence-electron chi connectivity index (χ0n) is 12.9. The van der Waals surface area contributed by atoms with E-state index < -0.39 is 0 Å². The van der Waals surface area contributed by atoms with E-state index in [1.807, 2.05) is 47.5 Å². The molecule has 0 unspecified atom stereocenters. The largest absolute Gasteiger partial charge is 0.329 e. The van der Waals surface area contributed by atoms with Crippen molar-refractivity contribution in [3.63, 3.8) is 0 Å². The SMILES string of the molecule is Cn1ccnc1SCCC(=O)Nc1nc(-c2ccc(Br)cc2)cs1. The van der Waals surface area contributed by atoms with Crippen molar-refractivity contribution >= 4 is 50.1 Å². The Morgan fingerprint density at radius 3 is 2.88 bits per heavy atom. The van der Waals surface area contributed by atoms with Gasteiger partial charge in [-0.2, -0.15) is 0 Å². The summed E-state index contributed by atoms with van der Waals surface area (Å²) in [4.78, 5) is 20.7. The van der Waals surface area contributed by atoms with Crippen molar-refractivity contribution in [1.29, 1.82) is 0 Å². The number of anilines is 1. The number of hydrogen-bond donors (Lipinski definition) is 1. The predicted molar refractivity (Wildman–Crippen MR) is 102 cm³/mol. The summed E-state index contributed by atoms with van der Waals surface area (Å²) < 4.78 is 2.97. The molecule has 1 aromatic carbocycles. The van der Waals surface area contributed by atoms with Gasteiger partial charge < -0.3 is 9.88 Å². The number of rotatable bonds is 6. The van der Waals surface area contributed by atoms with E-state index in [9.17, 15) is 4.79 Å². The molecule has 0 saturated heterocycles. The molecule has 0 spiro atoms. The fourth-order valence-corrected chi connectivity index (χ4v) is 3.86. The lowest BCUT2D eigenvalue weighted by molar-refractivity contribution is -0.115. The van der Waals surface area contributed by atoms with Crippen LogP contribution in [0, 0.1) is 0 Å². The molecule has 0 aliphatic heterocycles. The van der Waals surface area contributed by atoms with E-state index in [0.29, 0.717) is 17.3 Å². The van der Waals surface area contributed by atoms with Crippen LogP contribution in [0.1, 0.15) is 6.42 Å². The van der Waals surface area contributed by atoms with Gasteiger partial charge in [0, 0.05) is 47.0 Å². The van der Waals surface area contributed by atoms with E-state index in [2.05, 4.69) is 31.2 Å². The number of thioether (sulfide) groups is 1. The van der Waals surface area contributed by atoms with Crippen molar-refractivity contribution in [3.8, 4) is 11.3 Å². The van der Waals surface area contributed by atoms with Crippen LogP contribution in [-0.2, 0) is 11.8 Å². The maximum absolute atomic E-state index is 12.0. The van der Waals surface area contributed by atoms with Gasteiger partial charge in [-0.25, -0.2) is 9.97 Å². The fourth-order valence-electron chi connectivity index (χ4n) is 1.99. The highest BCUT2D eigenvalue weighted by atomic mass is 79.9. The smallest absolute Gasteiger partial charge is 0.226 e. The van der Waals surface area contributed by atoms with Crippen molar-refractivity contribution in [2.24, 2.45) is 7.05 Å². The first-order valence-electron chi connectivity index (χ1n) is 7.23. The summed E-state index contributed by atoms with van der Waals surface area (Å²) >= 11 is 6.41. The van der Waals surface area contributed by atoms with Crippen LogP contribution < -0.4 is 5.32 Å². The summed E-state index contributed by atoms with van der Waals surface area (Å²) in [5.41, 5.74) is 1.89. The Balaban J connectivity index is 1.51. The highest BCUT2D eigenvalue weighted by Gasteiger charge is 2.09. The van der Waals surface area contributed by atoms with Gasteiger partial charge in [0.05, 0.1) is 5.69 Å². The Labute approximate surface area is 156 Å². The third-order valence-corrected chi connectivity index (χ3v) is 5.57. The molecule has 5 nitrogen and oxygen atoms in total. The van der Waals surface area contributed by atoms with Gasteiger partial charge in [0.15, 0.2) is 10.3 Å². The van der Waals surface area contributed by atoms with Crippen LogP contribution in [0.5, 0.6) is 0 Å². The van der Waals surface area contributed by atoms with E-state index in [1.54, 1.807) is 18.0 Å². The predicted octanol–water partition coefficient (Wildman–Crippen LogP) is 4.43. The van der Waals surface area contributed by atoms with Gasteiger partial charge >= 0.3 is 0 Å². The molecule has 0 aliphatic rings. The highest BCUT2D eigenvalue weighted by molar-refractivity contribution is 9.10. The molecular formula is C16H15BrN4OS2. The summed E-state index contributed by atoms with van der Waals surface area (Å²) in [5, 5.41) is 6.34. The van der Waals surface area contributed by atoms with Gasteiger partial charge in [0.25, 0.3) is 0 Å². The molecule has 124 valence electrons. The Bertz CT molecular complexity index is 829. The second-order valence-corrected chi connectivity index (χ2v) is 7.85. The van der Waals surface area contributed by atoms with Crippen molar-refractivity contribution < 1.29 is 4.79 Å². The molecular weight excluding hydrogens is 408 g/mol. The summed E-state index contributed by atoms with van der Waals surface area (Å²) in [7, 11) is 1.94. The Kier molecular flexibility index (Phi) is 5.70. The molecule has 1 N–H and O–H groups in total. The Morgan fingerprint density at radius 2 is 2.17 bits per heavy atom. The molecule has 0 saturated carbocycles. The van der Waals surface area contributed by atoms with Gasteiger partial charge in [-0.3, -0.25) is 4.79 Å². The number of aryl methyl sites for hydroxylation is 1. The number of thiazole rings is 1. The average molecular weight is 423 g/mol. The number of nitrogens with zero attached hydrogens (tertiary/aromatic N) is 3. The lowest BCUT2D eigenvalue weighted by Gasteiger charge is -2.02. The number of halogens is 1.